The van der Waals surface area contributed by atoms with Crippen LogP contribution in [0.2, 0.25) is 0 Å². The first-order valence-electron chi connectivity index (χ1n) is 6.32. The number of hydrogen-bond donors (Lipinski definition) is 0. The van der Waals surface area contributed by atoms with Crippen molar-refractivity contribution in [2.45, 2.75) is 47.0 Å². The summed E-state index contributed by atoms with van der Waals surface area (Å²) in [5.74, 6) is 0.699. The highest BCUT2D eigenvalue weighted by Gasteiger charge is 2.19. The normalized spacial score (nSPS) is 12.6. The van der Waals surface area contributed by atoms with Gasteiger partial charge in [0.05, 0.1) is 0 Å². The quantitative estimate of drug-likeness (QED) is 0.447. The number of hydrazone groups is 1. The number of ketones is 1. The lowest BCUT2D eigenvalue weighted by atomic mass is 9.90. The molecule has 0 radical (unpaired) electrons. The molecule has 16 heavy (non-hydrogen) atoms. The Bertz CT molecular complexity index is 214. The third kappa shape index (κ3) is 5.29. The van der Waals surface area contributed by atoms with Crippen molar-refractivity contribution in [3.05, 3.63) is 0 Å². The van der Waals surface area contributed by atoms with Crippen LogP contribution in [0.15, 0.2) is 5.10 Å². The monoisotopic (exact) mass is 226 g/mol. The van der Waals surface area contributed by atoms with Crippen molar-refractivity contribution in [1.82, 2.24) is 5.01 Å². The molecule has 0 heterocycles. The Morgan fingerprint density at radius 3 is 2.31 bits per heavy atom. The Morgan fingerprint density at radius 2 is 1.94 bits per heavy atom. The van der Waals surface area contributed by atoms with Crippen LogP contribution in [0.1, 0.15) is 47.0 Å². The number of hydrogen-bond acceptors (Lipinski definition) is 3. The summed E-state index contributed by atoms with van der Waals surface area (Å²) in [6, 6.07) is 0. The van der Waals surface area contributed by atoms with E-state index in [-0.39, 0.29) is 11.8 Å². The van der Waals surface area contributed by atoms with Crippen LogP contribution in [0.5, 0.6) is 0 Å². The van der Waals surface area contributed by atoms with E-state index in [1.165, 1.54) is 0 Å². The van der Waals surface area contributed by atoms with Crippen LogP contribution >= 0.6 is 0 Å². The Balaban J connectivity index is 4.12. The molecule has 0 fully saturated rings. The van der Waals surface area contributed by atoms with Gasteiger partial charge in [0.2, 0.25) is 0 Å². The van der Waals surface area contributed by atoms with E-state index in [4.69, 9.17) is 0 Å². The van der Waals surface area contributed by atoms with Crippen molar-refractivity contribution in [3.8, 4) is 0 Å². The minimum absolute atomic E-state index is 0.140. The van der Waals surface area contributed by atoms with Gasteiger partial charge in [-0.3, -0.25) is 9.80 Å². The molecule has 0 rings (SSSR count). The summed E-state index contributed by atoms with van der Waals surface area (Å²) in [6.07, 6.45) is 2.88. The minimum atomic E-state index is 0.140. The lowest BCUT2D eigenvalue weighted by Gasteiger charge is -2.21. The molecule has 0 aliphatic carbocycles. The average Bonchev–Trinajstić information content (AvgIpc) is 2.27. The van der Waals surface area contributed by atoms with E-state index in [1.807, 2.05) is 18.9 Å². The zero-order valence-electron chi connectivity index (χ0n) is 11.2. The number of Topliss-reactive ketones (excluding diaryl/α,β-unsaturated/α-hetero) is 1. The van der Waals surface area contributed by atoms with Gasteiger partial charge in [0.1, 0.15) is 5.78 Å². The van der Waals surface area contributed by atoms with Crippen LogP contribution in [-0.2, 0) is 4.79 Å². The lowest BCUT2D eigenvalue weighted by molar-refractivity contribution is -0.126. The van der Waals surface area contributed by atoms with Gasteiger partial charge in [-0.1, -0.05) is 27.7 Å². The molecular weight excluding hydrogens is 200 g/mol. The summed E-state index contributed by atoms with van der Waals surface area (Å²) in [5, 5.41) is 5.91. The van der Waals surface area contributed by atoms with Crippen LogP contribution in [0.25, 0.3) is 0 Å². The van der Waals surface area contributed by atoms with Crippen molar-refractivity contribution in [1.29, 1.82) is 0 Å². The maximum absolute atomic E-state index is 11.9. The Kier molecular flexibility index (Phi) is 7.86. The molecule has 0 aliphatic heterocycles. The molecule has 1 atom stereocenters. The minimum Gasteiger partial charge on any atom is -0.299 e. The number of carbonyl (C=O) groups excluding carboxylic acids is 1. The molecule has 0 spiro atoms. The fraction of sp³-hybridized carbons (Fsp3) is 0.846. The van der Waals surface area contributed by atoms with Gasteiger partial charge in [-0.2, -0.15) is 5.10 Å². The van der Waals surface area contributed by atoms with Crippen molar-refractivity contribution in [2.75, 3.05) is 13.1 Å². The molecule has 94 valence electrons. The number of nitrogens with zero attached hydrogens (tertiary/aromatic N) is 2. The lowest BCUT2D eigenvalue weighted by Crippen LogP contribution is -2.26. The second-order valence-electron chi connectivity index (χ2n) is 4.55. The van der Waals surface area contributed by atoms with Crippen LogP contribution in [0, 0.1) is 11.8 Å². The Labute approximate surface area is 99.9 Å². The van der Waals surface area contributed by atoms with Crippen molar-refractivity contribution < 1.29 is 4.79 Å². The largest absolute Gasteiger partial charge is 0.299 e. The Morgan fingerprint density at radius 1 is 1.31 bits per heavy atom. The first-order chi connectivity index (χ1) is 7.56. The maximum Gasteiger partial charge on any atom is 0.138 e. The predicted octanol–water partition coefficient (Wildman–Crippen LogP) is 2.96. The summed E-state index contributed by atoms with van der Waals surface area (Å²) < 4.78 is 0. The first-order valence-corrected chi connectivity index (χ1v) is 6.32. The second kappa shape index (κ2) is 8.31. The molecule has 1 unspecified atom stereocenters. The number of rotatable bonds is 9. The van der Waals surface area contributed by atoms with Crippen molar-refractivity contribution in [3.63, 3.8) is 0 Å². The average molecular weight is 226 g/mol. The van der Waals surface area contributed by atoms with E-state index in [1.54, 1.807) is 0 Å². The molecule has 0 amide bonds. The third-order valence-electron chi connectivity index (χ3n) is 2.88. The van der Waals surface area contributed by atoms with E-state index in [2.05, 4.69) is 25.7 Å². The molecule has 0 aliphatic rings. The Hall–Kier alpha value is -0.860. The zero-order chi connectivity index (χ0) is 12.6. The fourth-order valence-corrected chi connectivity index (χ4v) is 1.84. The van der Waals surface area contributed by atoms with Crippen molar-refractivity contribution >= 4 is 12.5 Å². The second-order valence-corrected chi connectivity index (χ2v) is 4.55. The summed E-state index contributed by atoms with van der Waals surface area (Å²) in [6.45, 7) is 13.5. The van der Waals surface area contributed by atoms with Gasteiger partial charge in [0.25, 0.3) is 0 Å². The van der Waals surface area contributed by atoms with E-state index >= 15 is 0 Å². The van der Waals surface area contributed by atoms with Gasteiger partial charge in [-0.05, 0) is 19.3 Å². The van der Waals surface area contributed by atoms with E-state index in [0.717, 1.165) is 32.4 Å². The summed E-state index contributed by atoms with van der Waals surface area (Å²) in [4.78, 5) is 11.9. The van der Waals surface area contributed by atoms with E-state index in [0.29, 0.717) is 5.78 Å². The molecule has 0 saturated heterocycles. The molecule has 0 N–H and O–H groups in total. The molecule has 0 aromatic carbocycles. The SMILES string of the molecule is C=NN(CCC)CCC(CC)C(=O)C(C)C. The topological polar surface area (TPSA) is 32.7 Å². The summed E-state index contributed by atoms with van der Waals surface area (Å²) in [7, 11) is 0. The van der Waals surface area contributed by atoms with Crippen LogP contribution in [0.3, 0.4) is 0 Å². The molecule has 0 aromatic heterocycles. The summed E-state index contributed by atoms with van der Waals surface area (Å²) in [5.41, 5.74) is 0. The predicted molar refractivity (Wildman–Crippen MR) is 69.7 cm³/mol. The molecule has 0 aromatic rings. The van der Waals surface area contributed by atoms with Crippen LogP contribution < -0.4 is 0 Å². The van der Waals surface area contributed by atoms with Gasteiger partial charge in [-0.15, -0.1) is 0 Å². The number of carbonyl (C=O) groups is 1. The maximum atomic E-state index is 11.9. The highest BCUT2D eigenvalue weighted by Crippen LogP contribution is 2.15. The highest BCUT2D eigenvalue weighted by atomic mass is 16.1. The van der Waals surface area contributed by atoms with Gasteiger partial charge >= 0.3 is 0 Å². The van der Waals surface area contributed by atoms with Gasteiger partial charge in [0.15, 0.2) is 0 Å². The van der Waals surface area contributed by atoms with Crippen LogP contribution in [0.4, 0.5) is 0 Å². The molecular formula is C13H26N2O. The van der Waals surface area contributed by atoms with Gasteiger partial charge < -0.3 is 0 Å². The molecule has 3 nitrogen and oxygen atoms in total. The smallest absolute Gasteiger partial charge is 0.138 e. The van der Waals surface area contributed by atoms with Gasteiger partial charge in [0, 0.05) is 31.6 Å². The standard InChI is InChI=1S/C13H26N2O/c1-6-9-15(14-5)10-8-12(7-2)13(16)11(3)4/h11-12H,5-10H2,1-4H3. The van der Waals surface area contributed by atoms with E-state index in [9.17, 15) is 4.79 Å². The third-order valence-corrected chi connectivity index (χ3v) is 2.88. The van der Waals surface area contributed by atoms with E-state index < -0.39 is 0 Å². The zero-order valence-corrected chi connectivity index (χ0v) is 11.2. The van der Waals surface area contributed by atoms with Crippen molar-refractivity contribution in [2.24, 2.45) is 16.9 Å². The first kappa shape index (κ1) is 15.1. The fourth-order valence-electron chi connectivity index (χ4n) is 1.84. The molecule has 0 saturated carbocycles. The summed E-state index contributed by atoms with van der Waals surface area (Å²) >= 11 is 0. The highest BCUT2D eigenvalue weighted by molar-refractivity contribution is 5.82. The van der Waals surface area contributed by atoms with Gasteiger partial charge in [-0.25, -0.2) is 0 Å². The van der Waals surface area contributed by atoms with Crippen LogP contribution in [-0.4, -0.2) is 30.6 Å². The molecule has 0 bridgehead atoms. The molecule has 3 heteroatoms.